The molecule has 0 fully saturated rings. The van der Waals surface area contributed by atoms with E-state index in [0.717, 1.165) is 22.5 Å². The lowest BCUT2D eigenvalue weighted by Crippen LogP contribution is -2.37. The fourth-order valence-electron chi connectivity index (χ4n) is 2.86. The topological polar surface area (TPSA) is 45.2 Å². The largest absolute Gasteiger partial charge is 0.322 e. The molecule has 0 saturated heterocycles. The predicted octanol–water partition coefficient (Wildman–Crippen LogP) is 5.18. The first-order valence-electron chi connectivity index (χ1n) is 9.45. The van der Waals surface area contributed by atoms with E-state index in [4.69, 9.17) is 0 Å². The standard InChI is InChI=1S/C24H25N3O/c1-20-10-5-6-15-23(20)26-24(28)27(19-16-22-14-7-8-17-25-22)18-9-13-21-11-3-2-4-12-21/h2-15,17H,16,18-19H2,1H3,(H,26,28)/b13-9+. The van der Waals surface area contributed by atoms with E-state index in [0.29, 0.717) is 19.5 Å². The molecule has 0 bridgehead atoms. The number of hydrogen-bond acceptors (Lipinski definition) is 2. The molecule has 142 valence electrons. The Bertz CT molecular complexity index is 907. The summed E-state index contributed by atoms with van der Waals surface area (Å²) in [5, 5.41) is 3.03. The van der Waals surface area contributed by atoms with Crippen LogP contribution in [0.15, 0.2) is 85.1 Å². The van der Waals surface area contributed by atoms with Crippen LogP contribution in [0.3, 0.4) is 0 Å². The molecule has 0 aliphatic carbocycles. The zero-order valence-corrected chi connectivity index (χ0v) is 16.1. The maximum Gasteiger partial charge on any atom is 0.322 e. The summed E-state index contributed by atoms with van der Waals surface area (Å²) < 4.78 is 0. The van der Waals surface area contributed by atoms with Crippen LogP contribution in [0.25, 0.3) is 6.08 Å². The Kier molecular flexibility index (Phi) is 6.96. The van der Waals surface area contributed by atoms with E-state index in [1.54, 1.807) is 11.1 Å². The number of amides is 2. The number of anilines is 1. The smallest absolute Gasteiger partial charge is 0.320 e. The highest BCUT2D eigenvalue weighted by Crippen LogP contribution is 2.14. The number of rotatable bonds is 7. The molecule has 3 rings (SSSR count). The second-order valence-corrected chi connectivity index (χ2v) is 6.58. The third kappa shape index (κ3) is 5.81. The summed E-state index contributed by atoms with van der Waals surface area (Å²) in [5.41, 5.74) is 3.97. The first-order chi connectivity index (χ1) is 13.7. The summed E-state index contributed by atoms with van der Waals surface area (Å²) in [4.78, 5) is 19.1. The second kappa shape index (κ2) is 10.1. The van der Waals surface area contributed by atoms with Crippen LogP contribution < -0.4 is 5.32 Å². The SMILES string of the molecule is Cc1ccccc1NC(=O)N(C/C=C/c1ccccc1)CCc1ccccn1. The number of carbonyl (C=O) groups excluding carboxylic acids is 1. The van der Waals surface area contributed by atoms with E-state index in [1.165, 1.54) is 0 Å². The van der Waals surface area contributed by atoms with Crippen molar-refractivity contribution in [2.45, 2.75) is 13.3 Å². The second-order valence-electron chi connectivity index (χ2n) is 6.58. The monoisotopic (exact) mass is 371 g/mol. The third-order valence-electron chi connectivity index (χ3n) is 4.47. The summed E-state index contributed by atoms with van der Waals surface area (Å²) in [5.74, 6) is 0. The summed E-state index contributed by atoms with van der Waals surface area (Å²) in [6.07, 6.45) is 6.55. The molecular formula is C24H25N3O. The van der Waals surface area contributed by atoms with E-state index >= 15 is 0 Å². The number of nitrogens with one attached hydrogen (secondary N) is 1. The average Bonchev–Trinajstić information content (AvgIpc) is 2.73. The predicted molar refractivity (Wildman–Crippen MR) is 115 cm³/mol. The number of pyridine rings is 1. The van der Waals surface area contributed by atoms with Gasteiger partial charge in [0.05, 0.1) is 0 Å². The molecule has 0 aliphatic rings. The van der Waals surface area contributed by atoms with Crippen LogP contribution in [0.1, 0.15) is 16.8 Å². The Labute approximate surface area is 166 Å². The molecule has 0 saturated carbocycles. The maximum atomic E-state index is 12.9. The highest BCUT2D eigenvalue weighted by atomic mass is 16.2. The van der Waals surface area contributed by atoms with Crippen LogP contribution in [0.2, 0.25) is 0 Å². The fraction of sp³-hybridized carbons (Fsp3) is 0.167. The van der Waals surface area contributed by atoms with Crippen molar-refractivity contribution in [3.63, 3.8) is 0 Å². The van der Waals surface area contributed by atoms with Crippen LogP contribution in [0.4, 0.5) is 10.5 Å². The van der Waals surface area contributed by atoms with Gasteiger partial charge in [0, 0.05) is 37.1 Å². The average molecular weight is 371 g/mol. The van der Waals surface area contributed by atoms with Gasteiger partial charge in [0.2, 0.25) is 0 Å². The van der Waals surface area contributed by atoms with Crippen molar-refractivity contribution in [2.75, 3.05) is 18.4 Å². The van der Waals surface area contributed by atoms with Gasteiger partial charge in [0.25, 0.3) is 0 Å². The summed E-state index contributed by atoms with van der Waals surface area (Å²) in [6.45, 7) is 3.11. The molecule has 4 heteroatoms. The molecule has 0 atom stereocenters. The number of aromatic nitrogens is 1. The Balaban J connectivity index is 1.68. The van der Waals surface area contributed by atoms with Crippen molar-refractivity contribution in [2.24, 2.45) is 0 Å². The minimum Gasteiger partial charge on any atom is -0.320 e. The van der Waals surface area contributed by atoms with Gasteiger partial charge in [-0.15, -0.1) is 0 Å². The van der Waals surface area contributed by atoms with Crippen LogP contribution in [0, 0.1) is 6.92 Å². The Morgan fingerprint density at radius 2 is 1.75 bits per heavy atom. The van der Waals surface area contributed by atoms with Crippen LogP contribution in [-0.4, -0.2) is 29.0 Å². The molecule has 28 heavy (non-hydrogen) atoms. The van der Waals surface area contributed by atoms with Gasteiger partial charge in [-0.05, 0) is 36.2 Å². The first kappa shape index (κ1) is 19.4. The quantitative estimate of drug-likeness (QED) is 0.622. The van der Waals surface area contributed by atoms with Crippen molar-refractivity contribution < 1.29 is 4.79 Å². The number of urea groups is 1. The van der Waals surface area contributed by atoms with Crippen molar-refractivity contribution in [1.29, 1.82) is 0 Å². The minimum absolute atomic E-state index is 0.108. The molecule has 1 N–H and O–H groups in total. The van der Waals surface area contributed by atoms with Gasteiger partial charge in [-0.2, -0.15) is 0 Å². The van der Waals surface area contributed by atoms with Gasteiger partial charge < -0.3 is 10.2 Å². The van der Waals surface area contributed by atoms with Crippen LogP contribution >= 0.6 is 0 Å². The van der Waals surface area contributed by atoms with Crippen molar-refractivity contribution in [1.82, 2.24) is 9.88 Å². The van der Waals surface area contributed by atoms with Gasteiger partial charge in [0.15, 0.2) is 0 Å². The van der Waals surface area contributed by atoms with Gasteiger partial charge >= 0.3 is 6.03 Å². The molecule has 2 aromatic carbocycles. The van der Waals surface area contributed by atoms with E-state index in [9.17, 15) is 4.79 Å². The Morgan fingerprint density at radius 3 is 2.50 bits per heavy atom. The summed E-state index contributed by atoms with van der Waals surface area (Å²) in [7, 11) is 0. The van der Waals surface area contributed by atoms with Gasteiger partial charge in [-0.3, -0.25) is 4.98 Å². The molecule has 3 aromatic rings. The lowest BCUT2D eigenvalue weighted by atomic mass is 10.2. The van der Waals surface area contributed by atoms with E-state index in [-0.39, 0.29) is 6.03 Å². The zero-order chi connectivity index (χ0) is 19.6. The first-order valence-corrected chi connectivity index (χ1v) is 9.45. The van der Waals surface area contributed by atoms with E-state index in [1.807, 2.05) is 91.9 Å². The number of carbonyl (C=O) groups is 1. The van der Waals surface area contributed by atoms with Crippen molar-refractivity contribution in [3.8, 4) is 0 Å². The fourth-order valence-corrected chi connectivity index (χ4v) is 2.86. The normalized spacial score (nSPS) is 10.8. The van der Waals surface area contributed by atoms with Gasteiger partial charge in [-0.1, -0.05) is 66.7 Å². The molecule has 2 amide bonds. The highest BCUT2D eigenvalue weighted by molar-refractivity contribution is 5.90. The molecule has 0 radical (unpaired) electrons. The molecule has 1 heterocycles. The molecule has 0 spiro atoms. The summed E-state index contributed by atoms with van der Waals surface area (Å²) in [6, 6.07) is 23.6. The van der Waals surface area contributed by atoms with Crippen molar-refractivity contribution in [3.05, 3.63) is 102 Å². The molecular weight excluding hydrogens is 346 g/mol. The summed E-state index contributed by atoms with van der Waals surface area (Å²) >= 11 is 0. The van der Waals surface area contributed by atoms with E-state index in [2.05, 4.69) is 10.3 Å². The number of nitrogens with zero attached hydrogens (tertiary/aromatic N) is 2. The Hall–Kier alpha value is -3.40. The molecule has 1 aromatic heterocycles. The van der Waals surface area contributed by atoms with Crippen LogP contribution in [-0.2, 0) is 6.42 Å². The van der Waals surface area contributed by atoms with Gasteiger partial charge in [0.1, 0.15) is 0 Å². The lowest BCUT2D eigenvalue weighted by molar-refractivity contribution is 0.217. The lowest BCUT2D eigenvalue weighted by Gasteiger charge is -2.22. The number of aryl methyl sites for hydroxylation is 1. The maximum absolute atomic E-state index is 12.9. The third-order valence-corrected chi connectivity index (χ3v) is 4.47. The Morgan fingerprint density at radius 1 is 1.00 bits per heavy atom. The number of para-hydroxylation sites is 1. The number of hydrogen-bond donors (Lipinski definition) is 1. The molecule has 0 aliphatic heterocycles. The van der Waals surface area contributed by atoms with E-state index < -0.39 is 0 Å². The molecule has 0 unspecified atom stereocenters. The minimum atomic E-state index is -0.108. The molecule has 4 nitrogen and oxygen atoms in total. The van der Waals surface area contributed by atoms with Crippen molar-refractivity contribution >= 4 is 17.8 Å². The number of benzene rings is 2. The van der Waals surface area contributed by atoms with Crippen LogP contribution in [0.5, 0.6) is 0 Å². The zero-order valence-electron chi connectivity index (χ0n) is 16.1. The highest BCUT2D eigenvalue weighted by Gasteiger charge is 2.13. The van der Waals surface area contributed by atoms with Gasteiger partial charge in [-0.25, -0.2) is 4.79 Å².